The number of amides is 1. The molecule has 1 aromatic rings. The molecule has 1 saturated carbocycles. The minimum absolute atomic E-state index is 0.178. The molecule has 0 radical (unpaired) electrons. The van der Waals surface area contributed by atoms with Crippen molar-refractivity contribution in [2.75, 3.05) is 0 Å². The van der Waals surface area contributed by atoms with E-state index in [1.807, 2.05) is 0 Å². The zero-order chi connectivity index (χ0) is 15.8. The smallest absolute Gasteiger partial charge is 0.242 e. The van der Waals surface area contributed by atoms with Crippen LogP contribution in [-0.2, 0) is 14.8 Å². The highest BCUT2D eigenvalue weighted by atomic mass is 35.5. The first kappa shape index (κ1) is 16.2. The first-order valence-electron chi connectivity index (χ1n) is 6.49. The molecule has 0 spiro atoms. The summed E-state index contributed by atoms with van der Waals surface area (Å²) in [6.45, 7) is 1.45. The number of hydrogen-bond donors (Lipinski definition) is 2. The van der Waals surface area contributed by atoms with Crippen LogP contribution >= 0.6 is 11.6 Å². The molecule has 2 rings (SSSR count). The molecular weight excluding hydrogens is 319 g/mol. The van der Waals surface area contributed by atoms with Crippen LogP contribution in [0.1, 0.15) is 24.8 Å². The minimum atomic E-state index is -3.94. The fourth-order valence-electron chi connectivity index (χ4n) is 2.54. The highest BCUT2D eigenvalue weighted by molar-refractivity contribution is 7.89. The maximum Gasteiger partial charge on any atom is 0.242 e. The summed E-state index contributed by atoms with van der Waals surface area (Å²) in [5, 5.41) is -0.195. The van der Waals surface area contributed by atoms with Gasteiger partial charge in [0, 0.05) is 6.04 Å². The lowest BCUT2D eigenvalue weighted by atomic mass is 10.0. The van der Waals surface area contributed by atoms with Gasteiger partial charge in [0.1, 0.15) is 10.7 Å². The molecule has 1 aliphatic carbocycles. The molecule has 3 N–H and O–H groups in total. The van der Waals surface area contributed by atoms with Crippen LogP contribution in [0.25, 0.3) is 0 Å². The van der Waals surface area contributed by atoms with Gasteiger partial charge >= 0.3 is 0 Å². The number of rotatable bonds is 4. The molecule has 5 nitrogen and oxygen atoms in total. The van der Waals surface area contributed by atoms with Gasteiger partial charge in [0.25, 0.3) is 0 Å². The number of benzene rings is 1. The maximum atomic E-state index is 13.4. The lowest BCUT2D eigenvalue weighted by molar-refractivity contribution is -0.122. The van der Waals surface area contributed by atoms with Gasteiger partial charge in [-0.25, -0.2) is 17.5 Å². The van der Waals surface area contributed by atoms with Gasteiger partial charge in [-0.3, -0.25) is 4.79 Å². The van der Waals surface area contributed by atoms with Crippen LogP contribution in [0.15, 0.2) is 17.0 Å². The fourth-order valence-corrected chi connectivity index (χ4v) is 4.45. The van der Waals surface area contributed by atoms with Crippen LogP contribution in [-0.4, -0.2) is 20.4 Å². The molecular formula is C13H16ClFN2O3S. The van der Waals surface area contributed by atoms with E-state index in [4.69, 9.17) is 17.3 Å². The molecule has 1 amide bonds. The SMILES string of the molecule is Cc1cc(S(=O)(=O)NC2CCCC2C(N)=O)c(Cl)cc1F. The van der Waals surface area contributed by atoms with E-state index in [1.165, 1.54) is 13.0 Å². The second-order valence-corrected chi connectivity index (χ2v) is 7.29. The quantitative estimate of drug-likeness (QED) is 0.878. The van der Waals surface area contributed by atoms with E-state index in [1.54, 1.807) is 0 Å². The Bertz CT molecular complexity index is 678. The van der Waals surface area contributed by atoms with Crippen molar-refractivity contribution >= 4 is 27.5 Å². The summed E-state index contributed by atoms with van der Waals surface area (Å²) in [6.07, 6.45) is 1.81. The number of hydrogen-bond acceptors (Lipinski definition) is 3. The van der Waals surface area contributed by atoms with E-state index in [0.717, 1.165) is 12.5 Å². The number of sulfonamides is 1. The Hall–Kier alpha value is -1.18. The van der Waals surface area contributed by atoms with E-state index in [2.05, 4.69) is 4.72 Å². The van der Waals surface area contributed by atoms with Crippen molar-refractivity contribution in [2.24, 2.45) is 11.7 Å². The van der Waals surface area contributed by atoms with Gasteiger partial charge in [0.2, 0.25) is 15.9 Å². The molecule has 1 fully saturated rings. The van der Waals surface area contributed by atoms with E-state index >= 15 is 0 Å². The van der Waals surface area contributed by atoms with Crippen LogP contribution < -0.4 is 10.5 Å². The predicted molar refractivity (Wildman–Crippen MR) is 76.8 cm³/mol. The molecule has 0 saturated heterocycles. The monoisotopic (exact) mass is 334 g/mol. The second kappa shape index (κ2) is 5.90. The topological polar surface area (TPSA) is 89.3 Å². The zero-order valence-electron chi connectivity index (χ0n) is 11.4. The lowest BCUT2D eigenvalue weighted by Gasteiger charge is -2.19. The number of aryl methyl sites for hydroxylation is 1. The molecule has 0 aromatic heterocycles. The predicted octanol–water partition coefficient (Wildman–Crippen LogP) is 1.72. The molecule has 116 valence electrons. The highest BCUT2D eigenvalue weighted by Gasteiger charge is 2.35. The van der Waals surface area contributed by atoms with Crippen molar-refractivity contribution in [3.05, 3.63) is 28.5 Å². The lowest BCUT2D eigenvalue weighted by Crippen LogP contribution is -2.42. The van der Waals surface area contributed by atoms with Crippen molar-refractivity contribution in [1.82, 2.24) is 4.72 Å². The Morgan fingerprint density at radius 2 is 2.10 bits per heavy atom. The molecule has 0 aliphatic heterocycles. The van der Waals surface area contributed by atoms with Crippen molar-refractivity contribution in [3.63, 3.8) is 0 Å². The Labute approximate surface area is 127 Å². The van der Waals surface area contributed by atoms with E-state index in [9.17, 15) is 17.6 Å². The third-order valence-corrected chi connectivity index (χ3v) is 5.65. The minimum Gasteiger partial charge on any atom is -0.369 e. The molecule has 1 aromatic carbocycles. The summed E-state index contributed by atoms with van der Waals surface area (Å²) in [4.78, 5) is 11.1. The number of halogens is 2. The largest absolute Gasteiger partial charge is 0.369 e. The van der Waals surface area contributed by atoms with Gasteiger partial charge in [0.05, 0.1) is 10.9 Å². The fraction of sp³-hybridized carbons (Fsp3) is 0.462. The first-order valence-corrected chi connectivity index (χ1v) is 8.36. The number of nitrogens with one attached hydrogen (secondary N) is 1. The molecule has 21 heavy (non-hydrogen) atoms. The Morgan fingerprint density at radius 3 is 2.71 bits per heavy atom. The highest BCUT2D eigenvalue weighted by Crippen LogP contribution is 2.29. The molecule has 2 atom stereocenters. The number of carbonyl (C=O) groups is 1. The number of primary amides is 1. The summed E-state index contributed by atoms with van der Waals surface area (Å²) < 4.78 is 40.6. The van der Waals surface area contributed by atoms with Crippen LogP contribution in [0.5, 0.6) is 0 Å². The molecule has 1 aliphatic rings. The van der Waals surface area contributed by atoms with Gasteiger partial charge in [0.15, 0.2) is 0 Å². The van der Waals surface area contributed by atoms with Gasteiger partial charge in [-0.15, -0.1) is 0 Å². The average molecular weight is 335 g/mol. The van der Waals surface area contributed by atoms with Crippen LogP contribution in [0.3, 0.4) is 0 Å². The first-order chi connectivity index (χ1) is 9.72. The van der Waals surface area contributed by atoms with Crippen LogP contribution in [0.4, 0.5) is 4.39 Å². The maximum absolute atomic E-state index is 13.4. The summed E-state index contributed by atoms with van der Waals surface area (Å²) in [5.74, 6) is -1.63. The summed E-state index contributed by atoms with van der Waals surface area (Å²) in [7, 11) is -3.94. The van der Waals surface area contributed by atoms with Gasteiger partial charge in [-0.2, -0.15) is 0 Å². The van der Waals surface area contributed by atoms with E-state index in [-0.39, 0.29) is 15.5 Å². The zero-order valence-corrected chi connectivity index (χ0v) is 13.0. The molecule has 0 heterocycles. The van der Waals surface area contributed by atoms with E-state index in [0.29, 0.717) is 12.8 Å². The Kier molecular flexibility index (Phi) is 4.55. The van der Waals surface area contributed by atoms with Gasteiger partial charge in [-0.05, 0) is 37.5 Å². The van der Waals surface area contributed by atoms with Crippen molar-refractivity contribution in [1.29, 1.82) is 0 Å². The van der Waals surface area contributed by atoms with Gasteiger partial charge < -0.3 is 5.73 Å². The normalized spacial score (nSPS) is 22.4. The third-order valence-electron chi connectivity index (χ3n) is 3.69. The molecule has 0 bridgehead atoms. The summed E-state index contributed by atoms with van der Waals surface area (Å²) in [6, 6.07) is 1.59. The van der Waals surface area contributed by atoms with Gasteiger partial charge in [-0.1, -0.05) is 18.0 Å². The van der Waals surface area contributed by atoms with Crippen LogP contribution in [0, 0.1) is 18.7 Å². The Morgan fingerprint density at radius 1 is 1.43 bits per heavy atom. The number of carbonyl (C=O) groups excluding carboxylic acids is 1. The number of nitrogens with two attached hydrogens (primary N) is 1. The van der Waals surface area contributed by atoms with E-state index < -0.39 is 33.7 Å². The molecule has 8 heteroatoms. The summed E-state index contributed by atoms with van der Waals surface area (Å²) in [5.41, 5.74) is 5.45. The van der Waals surface area contributed by atoms with Crippen molar-refractivity contribution in [3.8, 4) is 0 Å². The van der Waals surface area contributed by atoms with Crippen molar-refractivity contribution in [2.45, 2.75) is 37.1 Å². The Balaban J connectivity index is 2.31. The average Bonchev–Trinajstić information content (AvgIpc) is 2.81. The van der Waals surface area contributed by atoms with Crippen LogP contribution in [0.2, 0.25) is 5.02 Å². The standard InChI is InChI=1S/C13H16ClFN2O3S/c1-7-5-12(9(14)6-10(7)15)21(19,20)17-11-4-2-3-8(11)13(16)18/h5-6,8,11,17H,2-4H2,1H3,(H2,16,18). The molecule has 2 unspecified atom stereocenters. The second-order valence-electron chi connectivity index (χ2n) is 5.20. The van der Waals surface area contributed by atoms with Crippen molar-refractivity contribution < 1.29 is 17.6 Å². The summed E-state index contributed by atoms with van der Waals surface area (Å²) >= 11 is 5.82. The third kappa shape index (κ3) is 3.36.